The Hall–Kier alpha value is -2.71. The van der Waals surface area contributed by atoms with E-state index in [2.05, 4.69) is 20.4 Å². The van der Waals surface area contributed by atoms with Gasteiger partial charge in [-0.25, -0.2) is 4.39 Å². The molecule has 0 aliphatic carbocycles. The number of hydrogen-bond acceptors (Lipinski definition) is 3. The van der Waals surface area contributed by atoms with E-state index in [1.54, 1.807) is 12.4 Å². The van der Waals surface area contributed by atoms with Crippen LogP contribution in [0.4, 0.5) is 17.6 Å². The lowest BCUT2D eigenvalue weighted by atomic mass is 9.91. The molecule has 1 aliphatic heterocycles. The van der Waals surface area contributed by atoms with Gasteiger partial charge in [-0.1, -0.05) is 24.3 Å². The number of alkyl halides is 3. The van der Waals surface area contributed by atoms with Gasteiger partial charge >= 0.3 is 6.18 Å². The summed E-state index contributed by atoms with van der Waals surface area (Å²) in [5, 5.41) is 10.1. The molecule has 1 fully saturated rings. The number of H-pyrrole nitrogens is 1. The molecule has 152 valence electrons. The molecule has 1 saturated heterocycles. The minimum atomic E-state index is -4.59. The van der Waals surface area contributed by atoms with E-state index in [0.29, 0.717) is 5.56 Å². The van der Waals surface area contributed by atoms with Crippen molar-refractivity contribution < 1.29 is 17.6 Å². The quantitative estimate of drug-likeness (QED) is 0.640. The average Bonchev–Trinajstić information content (AvgIpc) is 3.23. The normalized spacial score (nSPS) is 16.7. The van der Waals surface area contributed by atoms with Crippen molar-refractivity contribution in [2.75, 3.05) is 26.2 Å². The van der Waals surface area contributed by atoms with E-state index in [-0.39, 0.29) is 17.2 Å². The maximum atomic E-state index is 14.4. The molecule has 0 spiro atoms. The molecule has 0 saturated carbocycles. The molecular weight excluding hydrogens is 384 g/mol. The van der Waals surface area contributed by atoms with Crippen LogP contribution in [0, 0.1) is 5.82 Å². The predicted octanol–water partition coefficient (Wildman–Crippen LogP) is 4.23. The van der Waals surface area contributed by atoms with Gasteiger partial charge in [0.25, 0.3) is 0 Å². The second-order valence-electron chi connectivity index (χ2n) is 7.00. The summed E-state index contributed by atoms with van der Waals surface area (Å²) in [5.41, 5.74) is 0.452. The van der Waals surface area contributed by atoms with Gasteiger partial charge in [0.2, 0.25) is 0 Å². The van der Waals surface area contributed by atoms with Gasteiger partial charge in [0.05, 0.1) is 17.8 Å². The van der Waals surface area contributed by atoms with Crippen molar-refractivity contribution in [3.63, 3.8) is 0 Å². The first-order chi connectivity index (χ1) is 13.9. The highest BCUT2D eigenvalue weighted by molar-refractivity contribution is 5.70. The van der Waals surface area contributed by atoms with Crippen LogP contribution in [0.25, 0.3) is 11.1 Å². The Kier molecular flexibility index (Phi) is 5.38. The minimum Gasteiger partial charge on any atom is -0.314 e. The van der Waals surface area contributed by atoms with Gasteiger partial charge in [-0.05, 0) is 29.3 Å². The van der Waals surface area contributed by atoms with Gasteiger partial charge in [-0.15, -0.1) is 0 Å². The van der Waals surface area contributed by atoms with Crippen molar-refractivity contribution in [2.24, 2.45) is 0 Å². The highest BCUT2D eigenvalue weighted by atomic mass is 19.4. The monoisotopic (exact) mass is 404 g/mol. The van der Waals surface area contributed by atoms with E-state index >= 15 is 0 Å². The molecule has 2 heterocycles. The molecule has 1 unspecified atom stereocenters. The molecule has 4 nitrogen and oxygen atoms in total. The second-order valence-corrected chi connectivity index (χ2v) is 7.00. The number of nitrogens with one attached hydrogen (secondary N) is 2. The van der Waals surface area contributed by atoms with Gasteiger partial charge in [0, 0.05) is 43.5 Å². The van der Waals surface area contributed by atoms with Crippen LogP contribution in [0.1, 0.15) is 22.7 Å². The second kappa shape index (κ2) is 7.96. The zero-order valence-corrected chi connectivity index (χ0v) is 15.5. The van der Waals surface area contributed by atoms with Crippen LogP contribution in [0.2, 0.25) is 0 Å². The van der Waals surface area contributed by atoms with Crippen LogP contribution in [0.15, 0.2) is 54.9 Å². The molecule has 4 rings (SSSR count). The SMILES string of the molecule is Fc1ccccc1-c1cc(C(c2cn[nH]c2)N2CCNCC2)ccc1C(F)(F)F. The Morgan fingerprint density at radius 1 is 0.966 bits per heavy atom. The number of rotatable bonds is 4. The van der Waals surface area contributed by atoms with Crippen molar-refractivity contribution in [3.05, 3.63) is 77.4 Å². The van der Waals surface area contributed by atoms with Crippen molar-refractivity contribution >= 4 is 0 Å². The number of aromatic nitrogens is 2. The predicted molar refractivity (Wildman–Crippen MR) is 102 cm³/mol. The third kappa shape index (κ3) is 4.04. The smallest absolute Gasteiger partial charge is 0.314 e. The van der Waals surface area contributed by atoms with Crippen LogP contribution < -0.4 is 5.32 Å². The lowest BCUT2D eigenvalue weighted by molar-refractivity contribution is -0.137. The molecule has 1 aromatic heterocycles. The largest absolute Gasteiger partial charge is 0.417 e. The number of piperazine rings is 1. The highest BCUT2D eigenvalue weighted by Gasteiger charge is 2.35. The van der Waals surface area contributed by atoms with Crippen molar-refractivity contribution in [2.45, 2.75) is 12.2 Å². The van der Waals surface area contributed by atoms with Gasteiger partial charge in [-0.3, -0.25) is 10.00 Å². The van der Waals surface area contributed by atoms with Crippen molar-refractivity contribution in [1.82, 2.24) is 20.4 Å². The van der Waals surface area contributed by atoms with Gasteiger partial charge in [-0.2, -0.15) is 18.3 Å². The first kappa shape index (κ1) is 19.6. The molecule has 2 N–H and O–H groups in total. The number of aromatic amines is 1. The van der Waals surface area contributed by atoms with E-state index in [0.717, 1.165) is 37.8 Å². The Labute approximate surface area is 165 Å². The Morgan fingerprint density at radius 2 is 1.72 bits per heavy atom. The highest BCUT2D eigenvalue weighted by Crippen LogP contribution is 2.40. The number of nitrogens with zero attached hydrogens (tertiary/aromatic N) is 2. The Balaban J connectivity index is 1.86. The van der Waals surface area contributed by atoms with Crippen LogP contribution in [-0.2, 0) is 6.18 Å². The van der Waals surface area contributed by atoms with Crippen molar-refractivity contribution in [1.29, 1.82) is 0 Å². The fourth-order valence-electron chi connectivity index (χ4n) is 3.85. The van der Waals surface area contributed by atoms with Crippen molar-refractivity contribution in [3.8, 4) is 11.1 Å². The Morgan fingerprint density at radius 3 is 2.38 bits per heavy atom. The molecule has 2 aromatic carbocycles. The first-order valence-corrected chi connectivity index (χ1v) is 9.34. The topological polar surface area (TPSA) is 44.0 Å². The zero-order chi connectivity index (χ0) is 20.4. The van der Waals surface area contributed by atoms with E-state index < -0.39 is 17.6 Å². The first-order valence-electron chi connectivity index (χ1n) is 9.34. The van der Waals surface area contributed by atoms with Crippen LogP contribution in [0.5, 0.6) is 0 Å². The van der Waals surface area contributed by atoms with Gasteiger partial charge in [0.1, 0.15) is 5.82 Å². The number of halogens is 4. The molecule has 0 amide bonds. The van der Waals surface area contributed by atoms with Crippen LogP contribution >= 0.6 is 0 Å². The fourth-order valence-corrected chi connectivity index (χ4v) is 3.85. The van der Waals surface area contributed by atoms with E-state index in [4.69, 9.17) is 0 Å². The molecule has 29 heavy (non-hydrogen) atoms. The van der Waals surface area contributed by atoms with E-state index in [1.807, 2.05) is 0 Å². The summed E-state index contributed by atoms with van der Waals surface area (Å²) in [5.74, 6) is -0.683. The van der Waals surface area contributed by atoms with Crippen LogP contribution in [-0.4, -0.2) is 41.3 Å². The lowest BCUT2D eigenvalue weighted by Crippen LogP contribution is -2.45. The summed E-state index contributed by atoms with van der Waals surface area (Å²) in [6, 6.07) is 9.26. The molecule has 0 bridgehead atoms. The summed E-state index contributed by atoms with van der Waals surface area (Å²) in [6.45, 7) is 3.06. The summed E-state index contributed by atoms with van der Waals surface area (Å²) >= 11 is 0. The Bertz CT molecular complexity index is 963. The molecular formula is C21H20F4N4. The van der Waals surface area contributed by atoms with Crippen LogP contribution in [0.3, 0.4) is 0 Å². The van der Waals surface area contributed by atoms with E-state index in [9.17, 15) is 17.6 Å². The third-order valence-corrected chi connectivity index (χ3v) is 5.18. The third-order valence-electron chi connectivity index (χ3n) is 5.18. The number of hydrogen-bond donors (Lipinski definition) is 2. The van der Waals surface area contributed by atoms with E-state index in [1.165, 1.54) is 36.4 Å². The lowest BCUT2D eigenvalue weighted by Gasteiger charge is -2.35. The maximum Gasteiger partial charge on any atom is 0.417 e. The maximum absolute atomic E-state index is 14.4. The minimum absolute atomic E-state index is 0.0621. The molecule has 1 atom stereocenters. The molecule has 8 heteroatoms. The summed E-state index contributed by atoms with van der Waals surface area (Å²) in [6.07, 6.45) is -1.17. The van der Waals surface area contributed by atoms with Gasteiger partial charge < -0.3 is 5.32 Å². The summed E-state index contributed by atoms with van der Waals surface area (Å²) in [7, 11) is 0. The molecule has 0 radical (unpaired) electrons. The summed E-state index contributed by atoms with van der Waals surface area (Å²) < 4.78 is 55.4. The standard InChI is InChI=1S/C21H20F4N4/c22-19-4-2-1-3-16(19)17-11-14(5-6-18(17)21(23,24)25)20(15-12-27-28-13-15)29-9-7-26-8-10-29/h1-6,11-13,20,26H,7-10H2,(H,27,28). The molecule has 3 aromatic rings. The zero-order valence-electron chi connectivity index (χ0n) is 15.5. The number of benzene rings is 2. The summed E-state index contributed by atoms with van der Waals surface area (Å²) in [4.78, 5) is 2.19. The average molecular weight is 404 g/mol. The molecule has 1 aliphatic rings. The van der Waals surface area contributed by atoms with Gasteiger partial charge in [0.15, 0.2) is 0 Å². The fraction of sp³-hybridized carbons (Fsp3) is 0.286.